The molecule has 184 valence electrons. The molecule has 0 spiro atoms. The zero-order valence-electron chi connectivity index (χ0n) is 20.2. The number of amides is 2. The van der Waals surface area contributed by atoms with Gasteiger partial charge in [-0.2, -0.15) is 0 Å². The van der Waals surface area contributed by atoms with Gasteiger partial charge in [0.05, 0.1) is 11.3 Å². The SMILES string of the molecule is CCN(CC(C)C(=O)O)C(=O)[C@@]12C[C@@H](NC(=O)OCC3c4ccccc4-c4ccccc43)C[C@@H]1C2. The highest BCUT2D eigenvalue weighted by Gasteiger charge is 2.66. The van der Waals surface area contributed by atoms with Gasteiger partial charge in [0.2, 0.25) is 5.91 Å². The quantitative estimate of drug-likeness (QED) is 0.593. The molecule has 0 heterocycles. The Labute approximate surface area is 205 Å². The molecule has 35 heavy (non-hydrogen) atoms. The van der Waals surface area contributed by atoms with Crippen molar-refractivity contribution in [3.8, 4) is 11.1 Å². The number of ether oxygens (including phenoxy) is 1. The normalized spacial score (nSPS) is 24.6. The number of nitrogens with zero attached hydrogens (tertiary/aromatic N) is 1. The van der Waals surface area contributed by atoms with E-state index in [-0.39, 0.29) is 36.9 Å². The maximum Gasteiger partial charge on any atom is 0.407 e. The van der Waals surface area contributed by atoms with E-state index in [1.165, 1.54) is 22.3 Å². The summed E-state index contributed by atoms with van der Waals surface area (Å²) < 4.78 is 5.68. The van der Waals surface area contributed by atoms with Crippen LogP contribution < -0.4 is 5.32 Å². The summed E-state index contributed by atoms with van der Waals surface area (Å²) in [7, 11) is 0. The minimum Gasteiger partial charge on any atom is -0.481 e. The lowest BCUT2D eigenvalue weighted by Crippen LogP contribution is -2.42. The lowest BCUT2D eigenvalue weighted by Gasteiger charge is -2.27. The molecule has 5 rings (SSSR count). The fourth-order valence-electron chi connectivity index (χ4n) is 6.15. The molecule has 0 aromatic heterocycles. The van der Waals surface area contributed by atoms with Crippen molar-refractivity contribution >= 4 is 18.0 Å². The third-order valence-corrected chi connectivity index (χ3v) is 8.09. The highest BCUT2D eigenvalue weighted by atomic mass is 16.5. The van der Waals surface area contributed by atoms with E-state index in [2.05, 4.69) is 29.6 Å². The molecule has 0 radical (unpaired) electrons. The maximum absolute atomic E-state index is 13.3. The Morgan fingerprint density at radius 3 is 2.31 bits per heavy atom. The molecule has 3 aliphatic rings. The highest BCUT2D eigenvalue weighted by Crippen LogP contribution is 2.64. The summed E-state index contributed by atoms with van der Waals surface area (Å²) >= 11 is 0. The standard InChI is InChI=1S/C28H32N2O5/c1-3-30(15-17(2)25(31)32)26(33)28-13-18(28)12-19(14-28)29-27(34)35-16-24-22-10-6-4-8-20(22)21-9-5-7-11-23(21)24/h4-11,17-19,24H,3,12-16H2,1-2H3,(H,29,34)(H,31,32)/t17?,18-,19+,28+/m1/s1. The van der Waals surface area contributed by atoms with Crippen LogP contribution in [0.4, 0.5) is 4.79 Å². The van der Waals surface area contributed by atoms with Crippen LogP contribution in [0.25, 0.3) is 11.1 Å². The van der Waals surface area contributed by atoms with Gasteiger partial charge >= 0.3 is 12.1 Å². The Morgan fingerprint density at radius 1 is 1.09 bits per heavy atom. The minimum atomic E-state index is -0.901. The first-order valence-corrected chi connectivity index (χ1v) is 12.5. The number of carbonyl (C=O) groups excluding carboxylic acids is 2. The number of rotatable bonds is 8. The fourth-order valence-corrected chi connectivity index (χ4v) is 6.15. The molecule has 7 nitrogen and oxygen atoms in total. The number of fused-ring (bicyclic) bond motifs is 4. The fraction of sp³-hybridized carbons (Fsp3) is 0.464. The third kappa shape index (κ3) is 4.17. The summed E-state index contributed by atoms with van der Waals surface area (Å²) in [6, 6.07) is 16.3. The van der Waals surface area contributed by atoms with Crippen molar-refractivity contribution in [2.24, 2.45) is 17.3 Å². The zero-order valence-corrected chi connectivity index (χ0v) is 20.2. The van der Waals surface area contributed by atoms with Crippen molar-refractivity contribution in [3.05, 3.63) is 59.7 Å². The molecule has 2 N–H and O–H groups in total. The number of nitrogens with one attached hydrogen (secondary N) is 1. The van der Waals surface area contributed by atoms with Gasteiger partial charge in [0.15, 0.2) is 0 Å². The number of carboxylic acid groups (broad SMARTS) is 1. The lowest BCUT2D eigenvalue weighted by atomic mass is 9.98. The van der Waals surface area contributed by atoms with E-state index in [0.29, 0.717) is 13.0 Å². The highest BCUT2D eigenvalue weighted by molar-refractivity contribution is 5.87. The van der Waals surface area contributed by atoms with Gasteiger partial charge in [0.1, 0.15) is 6.61 Å². The van der Waals surface area contributed by atoms with Gasteiger partial charge in [-0.25, -0.2) is 4.79 Å². The van der Waals surface area contributed by atoms with Crippen molar-refractivity contribution in [3.63, 3.8) is 0 Å². The molecule has 2 amide bonds. The van der Waals surface area contributed by atoms with Crippen molar-refractivity contribution in [1.29, 1.82) is 0 Å². The van der Waals surface area contributed by atoms with Gasteiger partial charge in [-0.3, -0.25) is 9.59 Å². The molecule has 0 saturated heterocycles. The van der Waals surface area contributed by atoms with Crippen LogP contribution >= 0.6 is 0 Å². The van der Waals surface area contributed by atoms with Crippen molar-refractivity contribution in [2.75, 3.05) is 19.7 Å². The Balaban J connectivity index is 1.18. The van der Waals surface area contributed by atoms with Crippen molar-refractivity contribution in [2.45, 2.75) is 45.1 Å². The van der Waals surface area contributed by atoms with Crippen LogP contribution in [0.2, 0.25) is 0 Å². The van der Waals surface area contributed by atoms with Crippen LogP contribution in [0.1, 0.15) is 50.2 Å². The summed E-state index contributed by atoms with van der Waals surface area (Å²) in [5, 5.41) is 12.2. The van der Waals surface area contributed by atoms with Crippen LogP contribution in [-0.4, -0.2) is 53.7 Å². The van der Waals surface area contributed by atoms with Crippen LogP contribution in [0.5, 0.6) is 0 Å². The van der Waals surface area contributed by atoms with E-state index in [9.17, 15) is 19.5 Å². The Kier molecular flexibility index (Phi) is 6.03. The topological polar surface area (TPSA) is 95.9 Å². The second-order valence-corrected chi connectivity index (χ2v) is 10.2. The first-order valence-electron chi connectivity index (χ1n) is 12.5. The van der Waals surface area contributed by atoms with Gasteiger partial charge in [0, 0.05) is 25.0 Å². The molecule has 0 aliphatic heterocycles. The number of alkyl carbamates (subject to hydrolysis) is 1. The molecule has 2 aromatic rings. The van der Waals surface area contributed by atoms with Crippen LogP contribution in [0, 0.1) is 17.3 Å². The summed E-state index contributed by atoms with van der Waals surface area (Å²) in [6.45, 7) is 4.45. The molecule has 7 heteroatoms. The number of hydrogen-bond acceptors (Lipinski definition) is 4. The molecule has 2 fully saturated rings. The van der Waals surface area contributed by atoms with Gasteiger partial charge in [-0.15, -0.1) is 0 Å². The second-order valence-electron chi connectivity index (χ2n) is 10.2. The number of carbonyl (C=O) groups is 3. The third-order valence-electron chi connectivity index (χ3n) is 8.09. The summed E-state index contributed by atoms with van der Waals surface area (Å²) in [6.07, 6.45) is 1.69. The summed E-state index contributed by atoms with van der Waals surface area (Å²) in [4.78, 5) is 38.9. The molecular formula is C28H32N2O5. The molecule has 2 aromatic carbocycles. The van der Waals surface area contributed by atoms with Gasteiger partial charge in [-0.05, 0) is 54.4 Å². The monoisotopic (exact) mass is 476 g/mol. The van der Waals surface area contributed by atoms with Gasteiger partial charge in [0.25, 0.3) is 0 Å². The minimum absolute atomic E-state index is 0.00684. The molecule has 0 bridgehead atoms. The number of carboxylic acids is 1. The van der Waals surface area contributed by atoms with E-state index in [4.69, 9.17) is 4.74 Å². The van der Waals surface area contributed by atoms with E-state index in [0.717, 1.165) is 12.8 Å². The first kappa shape index (κ1) is 23.4. The van der Waals surface area contributed by atoms with E-state index in [1.807, 2.05) is 31.2 Å². The lowest BCUT2D eigenvalue weighted by molar-refractivity contribution is -0.144. The van der Waals surface area contributed by atoms with Crippen LogP contribution in [-0.2, 0) is 14.3 Å². The zero-order chi connectivity index (χ0) is 24.7. The van der Waals surface area contributed by atoms with Crippen molar-refractivity contribution < 1.29 is 24.2 Å². The summed E-state index contributed by atoms with van der Waals surface area (Å²) in [5.41, 5.74) is 4.25. The molecule has 2 saturated carbocycles. The molecule has 4 atom stereocenters. The second kappa shape index (κ2) is 9.02. The van der Waals surface area contributed by atoms with E-state index < -0.39 is 23.4 Å². The average Bonchev–Trinajstić information content (AvgIpc) is 3.28. The molecule has 1 unspecified atom stereocenters. The Hall–Kier alpha value is -3.35. The van der Waals surface area contributed by atoms with Gasteiger partial charge < -0.3 is 20.1 Å². The van der Waals surface area contributed by atoms with Crippen LogP contribution in [0.15, 0.2) is 48.5 Å². The first-order chi connectivity index (χ1) is 16.8. The largest absolute Gasteiger partial charge is 0.481 e. The smallest absolute Gasteiger partial charge is 0.407 e. The van der Waals surface area contributed by atoms with E-state index in [1.54, 1.807) is 11.8 Å². The average molecular weight is 477 g/mol. The number of aliphatic carboxylic acids is 1. The Morgan fingerprint density at radius 2 is 1.71 bits per heavy atom. The molecule has 3 aliphatic carbocycles. The molecular weight excluding hydrogens is 444 g/mol. The predicted molar refractivity (Wildman–Crippen MR) is 131 cm³/mol. The predicted octanol–water partition coefficient (Wildman–Crippen LogP) is 4.26. The van der Waals surface area contributed by atoms with Crippen LogP contribution in [0.3, 0.4) is 0 Å². The van der Waals surface area contributed by atoms with E-state index >= 15 is 0 Å². The van der Waals surface area contributed by atoms with Crippen molar-refractivity contribution in [1.82, 2.24) is 10.2 Å². The number of benzene rings is 2. The maximum atomic E-state index is 13.3. The van der Waals surface area contributed by atoms with Gasteiger partial charge in [-0.1, -0.05) is 55.5 Å². The number of hydrogen-bond donors (Lipinski definition) is 2. The Bertz CT molecular complexity index is 1120. The summed E-state index contributed by atoms with van der Waals surface area (Å²) in [5.74, 6) is -1.24.